The molecular formula is C15H22N2O7S3. The summed E-state index contributed by atoms with van der Waals surface area (Å²) in [6.07, 6.45) is 1.45. The van der Waals surface area contributed by atoms with Crippen LogP contribution >= 0.6 is 0 Å². The Morgan fingerprint density at radius 3 is 2.48 bits per heavy atom. The van der Waals surface area contributed by atoms with Gasteiger partial charge in [-0.1, -0.05) is 0 Å². The van der Waals surface area contributed by atoms with E-state index in [9.17, 15) is 25.3 Å². The third-order valence-corrected chi connectivity index (χ3v) is 9.81. The van der Waals surface area contributed by atoms with E-state index in [1.165, 1.54) is 29.6 Å². The van der Waals surface area contributed by atoms with E-state index in [1.807, 2.05) is 0 Å². The molecule has 0 unspecified atom stereocenters. The molecular weight excluding hydrogens is 416 g/mol. The minimum Gasteiger partial charge on any atom is -0.495 e. The summed E-state index contributed by atoms with van der Waals surface area (Å²) in [5, 5.41) is 0. The minimum absolute atomic E-state index is 0.0132. The number of anilines is 1. The van der Waals surface area contributed by atoms with E-state index < -0.39 is 35.9 Å². The molecule has 2 aliphatic rings. The van der Waals surface area contributed by atoms with Crippen molar-refractivity contribution < 1.29 is 30.0 Å². The second-order valence-corrected chi connectivity index (χ2v) is 12.6. The molecule has 2 aliphatic heterocycles. The number of ether oxygens (including phenoxy) is 1. The van der Waals surface area contributed by atoms with Crippen LogP contribution in [0, 0.1) is 0 Å². The van der Waals surface area contributed by atoms with Crippen LogP contribution in [0.15, 0.2) is 23.1 Å². The lowest BCUT2D eigenvalue weighted by Crippen LogP contribution is -2.38. The fourth-order valence-electron chi connectivity index (χ4n) is 3.28. The van der Waals surface area contributed by atoms with E-state index >= 15 is 0 Å². The Hall–Kier alpha value is -1.37. The number of sulfonamides is 2. The summed E-state index contributed by atoms with van der Waals surface area (Å²) >= 11 is 0. The van der Waals surface area contributed by atoms with Crippen molar-refractivity contribution in [2.75, 3.05) is 35.2 Å². The fraction of sp³-hybridized carbons (Fsp3) is 0.600. The Morgan fingerprint density at radius 1 is 1.15 bits per heavy atom. The van der Waals surface area contributed by atoms with E-state index in [4.69, 9.17) is 4.74 Å². The molecule has 27 heavy (non-hydrogen) atoms. The molecule has 1 N–H and O–H groups in total. The second kappa shape index (κ2) is 7.22. The first-order valence-corrected chi connectivity index (χ1v) is 13.4. The van der Waals surface area contributed by atoms with Gasteiger partial charge in [0, 0.05) is 12.6 Å². The van der Waals surface area contributed by atoms with Gasteiger partial charge in [0.1, 0.15) is 10.6 Å². The van der Waals surface area contributed by atoms with Crippen LogP contribution in [0.4, 0.5) is 5.69 Å². The van der Waals surface area contributed by atoms with Gasteiger partial charge in [-0.2, -0.15) is 0 Å². The lowest BCUT2D eigenvalue weighted by Gasteiger charge is -2.28. The highest BCUT2D eigenvalue weighted by Crippen LogP contribution is 2.32. The maximum atomic E-state index is 12.8. The van der Waals surface area contributed by atoms with Crippen LogP contribution in [0.5, 0.6) is 5.75 Å². The molecule has 0 aliphatic carbocycles. The van der Waals surface area contributed by atoms with E-state index in [0.717, 1.165) is 0 Å². The highest BCUT2D eigenvalue weighted by Gasteiger charge is 2.33. The van der Waals surface area contributed by atoms with Crippen molar-refractivity contribution in [1.29, 1.82) is 0 Å². The number of nitrogens with zero attached hydrogens (tertiary/aromatic N) is 1. The topological polar surface area (TPSA) is 127 Å². The highest BCUT2D eigenvalue weighted by molar-refractivity contribution is 7.93. The molecule has 12 heteroatoms. The number of nitrogens with one attached hydrogen (secondary N) is 1. The molecule has 2 saturated heterocycles. The fourth-order valence-corrected chi connectivity index (χ4v) is 8.15. The van der Waals surface area contributed by atoms with Crippen molar-refractivity contribution in [1.82, 2.24) is 4.72 Å². The van der Waals surface area contributed by atoms with Crippen molar-refractivity contribution in [3.63, 3.8) is 0 Å². The van der Waals surface area contributed by atoms with Crippen molar-refractivity contribution >= 4 is 35.6 Å². The number of methoxy groups -OCH3 is 1. The van der Waals surface area contributed by atoms with Crippen molar-refractivity contribution in [3.8, 4) is 5.75 Å². The number of benzene rings is 1. The van der Waals surface area contributed by atoms with Crippen LogP contribution in [-0.2, 0) is 29.9 Å². The zero-order valence-corrected chi connectivity index (χ0v) is 17.2. The van der Waals surface area contributed by atoms with E-state index in [-0.39, 0.29) is 46.6 Å². The Kier molecular flexibility index (Phi) is 5.45. The van der Waals surface area contributed by atoms with E-state index in [2.05, 4.69) is 4.72 Å². The molecule has 0 bridgehead atoms. The zero-order valence-electron chi connectivity index (χ0n) is 14.8. The van der Waals surface area contributed by atoms with Crippen molar-refractivity contribution in [2.24, 2.45) is 0 Å². The first-order chi connectivity index (χ1) is 12.5. The highest BCUT2D eigenvalue weighted by atomic mass is 32.2. The number of rotatable bonds is 5. The summed E-state index contributed by atoms with van der Waals surface area (Å²) in [4.78, 5) is -0.215. The van der Waals surface area contributed by atoms with Crippen LogP contribution in [0.25, 0.3) is 0 Å². The summed E-state index contributed by atoms with van der Waals surface area (Å²) in [6.45, 7) is 0.280. The maximum Gasteiger partial charge on any atom is 0.244 e. The van der Waals surface area contributed by atoms with Gasteiger partial charge in [0.05, 0.1) is 30.1 Å². The first-order valence-electron chi connectivity index (χ1n) is 8.45. The monoisotopic (exact) mass is 438 g/mol. The van der Waals surface area contributed by atoms with Gasteiger partial charge < -0.3 is 4.74 Å². The third-order valence-electron chi connectivity index (χ3n) is 4.63. The van der Waals surface area contributed by atoms with Crippen molar-refractivity contribution in [3.05, 3.63) is 18.2 Å². The Bertz CT molecular complexity index is 1030. The molecule has 1 aromatic carbocycles. The average Bonchev–Trinajstić information content (AvgIpc) is 2.92. The summed E-state index contributed by atoms with van der Waals surface area (Å²) in [5.74, 6) is -0.251. The summed E-state index contributed by atoms with van der Waals surface area (Å²) in [7, 11) is -9.54. The summed E-state index contributed by atoms with van der Waals surface area (Å²) in [6, 6.07) is 3.44. The van der Waals surface area contributed by atoms with Crippen LogP contribution in [-0.4, -0.2) is 62.2 Å². The lowest BCUT2D eigenvalue weighted by molar-refractivity contribution is 0.402. The molecule has 9 nitrogen and oxygen atoms in total. The van der Waals surface area contributed by atoms with Gasteiger partial charge in [0.25, 0.3) is 0 Å². The lowest BCUT2D eigenvalue weighted by atomic mass is 10.2. The van der Waals surface area contributed by atoms with Crippen LogP contribution in [0.2, 0.25) is 0 Å². The minimum atomic E-state index is -4.10. The zero-order chi connectivity index (χ0) is 19.9. The molecule has 0 amide bonds. The molecule has 152 valence electrons. The maximum absolute atomic E-state index is 12.8. The van der Waals surface area contributed by atoms with Gasteiger partial charge >= 0.3 is 0 Å². The van der Waals surface area contributed by atoms with Crippen LogP contribution in [0.3, 0.4) is 0 Å². The largest absolute Gasteiger partial charge is 0.495 e. The molecule has 0 radical (unpaired) electrons. The molecule has 0 spiro atoms. The van der Waals surface area contributed by atoms with Gasteiger partial charge in [-0.15, -0.1) is 0 Å². The SMILES string of the molecule is COc1ccc(N2CCCCS2(=O)=O)cc1S(=O)(=O)N[C@@H]1CCS(=O)(=O)C1. The Labute approximate surface area is 159 Å². The van der Waals surface area contributed by atoms with E-state index in [1.54, 1.807) is 0 Å². The van der Waals surface area contributed by atoms with Crippen molar-refractivity contribution in [2.45, 2.75) is 30.2 Å². The smallest absolute Gasteiger partial charge is 0.244 e. The molecule has 3 rings (SSSR count). The summed E-state index contributed by atoms with van der Waals surface area (Å²) < 4.78 is 82.2. The number of hydrogen-bond donors (Lipinski definition) is 1. The normalized spacial score (nSPS) is 24.6. The van der Waals surface area contributed by atoms with Crippen LogP contribution in [0.1, 0.15) is 19.3 Å². The molecule has 2 fully saturated rings. The van der Waals surface area contributed by atoms with Gasteiger partial charge in [-0.25, -0.2) is 30.0 Å². The van der Waals surface area contributed by atoms with Gasteiger partial charge in [-0.05, 0) is 37.5 Å². The van der Waals surface area contributed by atoms with E-state index in [0.29, 0.717) is 12.8 Å². The average molecular weight is 439 g/mol. The molecule has 2 heterocycles. The standard InChI is InChI=1S/C15H22N2O7S3/c1-24-14-5-4-13(17-7-2-3-8-26(17,20)21)10-15(14)27(22,23)16-12-6-9-25(18,19)11-12/h4-5,10,12,16H,2-3,6-9,11H2,1H3/t12-/m1/s1. The molecule has 0 aromatic heterocycles. The van der Waals surface area contributed by atoms with Gasteiger partial charge in [0.2, 0.25) is 20.0 Å². The second-order valence-electron chi connectivity index (χ2n) is 6.65. The number of hydrogen-bond acceptors (Lipinski definition) is 7. The first kappa shape index (κ1) is 20.4. The molecule has 1 atom stereocenters. The quantitative estimate of drug-likeness (QED) is 0.690. The van der Waals surface area contributed by atoms with Gasteiger partial charge in [-0.3, -0.25) is 4.31 Å². The predicted octanol–water partition coefficient (Wildman–Crippen LogP) is 0.0906. The molecule has 0 saturated carbocycles. The molecule has 1 aromatic rings. The summed E-state index contributed by atoms with van der Waals surface area (Å²) in [5.41, 5.74) is 0.245. The number of sulfone groups is 1. The Morgan fingerprint density at radius 2 is 1.89 bits per heavy atom. The Balaban J connectivity index is 1.96. The predicted molar refractivity (Wildman–Crippen MR) is 101 cm³/mol. The van der Waals surface area contributed by atoms with Crippen LogP contribution < -0.4 is 13.8 Å². The third kappa shape index (κ3) is 4.39. The van der Waals surface area contributed by atoms with Gasteiger partial charge in [0.15, 0.2) is 9.84 Å².